The Morgan fingerprint density at radius 1 is 1.50 bits per heavy atom. The van der Waals surface area contributed by atoms with Gasteiger partial charge in [-0.1, -0.05) is 6.07 Å². The lowest BCUT2D eigenvalue weighted by Crippen LogP contribution is -2.02. The van der Waals surface area contributed by atoms with E-state index in [-0.39, 0.29) is 6.61 Å². The second-order valence-corrected chi connectivity index (χ2v) is 2.33. The molecule has 12 heavy (non-hydrogen) atoms. The monoisotopic (exact) mass is 168 g/mol. The SMILES string of the molecule is Nc1cccc(OCCCO)n1. The van der Waals surface area contributed by atoms with E-state index in [2.05, 4.69) is 4.98 Å². The summed E-state index contributed by atoms with van der Waals surface area (Å²) in [6.45, 7) is 0.593. The van der Waals surface area contributed by atoms with Crippen LogP contribution >= 0.6 is 0 Å². The van der Waals surface area contributed by atoms with Crippen LogP contribution < -0.4 is 10.5 Å². The molecule has 1 heterocycles. The molecule has 3 N–H and O–H groups in total. The van der Waals surface area contributed by atoms with Gasteiger partial charge >= 0.3 is 0 Å². The van der Waals surface area contributed by atoms with E-state index in [1.165, 1.54) is 0 Å². The molecule has 4 nitrogen and oxygen atoms in total. The second kappa shape index (κ2) is 4.56. The fraction of sp³-hybridized carbons (Fsp3) is 0.375. The molecule has 4 heteroatoms. The average molecular weight is 168 g/mol. The Balaban J connectivity index is 2.41. The third kappa shape index (κ3) is 2.75. The Kier molecular flexibility index (Phi) is 3.35. The van der Waals surface area contributed by atoms with Crippen molar-refractivity contribution in [2.24, 2.45) is 0 Å². The number of aliphatic hydroxyl groups is 1. The Bertz CT molecular complexity index is 240. The molecular weight excluding hydrogens is 156 g/mol. The molecule has 1 aromatic heterocycles. The predicted molar refractivity (Wildman–Crippen MR) is 45.8 cm³/mol. The number of aromatic nitrogens is 1. The Morgan fingerprint density at radius 2 is 2.33 bits per heavy atom. The maximum Gasteiger partial charge on any atom is 0.215 e. The molecule has 0 amide bonds. The van der Waals surface area contributed by atoms with Gasteiger partial charge < -0.3 is 15.6 Å². The highest BCUT2D eigenvalue weighted by atomic mass is 16.5. The maximum absolute atomic E-state index is 8.47. The average Bonchev–Trinajstić information content (AvgIpc) is 2.05. The van der Waals surface area contributed by atoms with Crippen molar-refractivity contribution >= 4 is 5.82 Å². The molecule has 0 aromatic carbocycles. The predicted octanol–water partition coefficient (Wildman–Crippen LogP) is 0.425. The summed E-state index contributed by atoms with van der Waals surface area (Å²) in [5.74, 6) is 0.944. The van der Waals surface area contributed by atoms with Crippen LogP contribution in [0.15, 0.2) is 18.2 Å². The molecule has 0 saturated carbocycles. The number of pyridine rings is 1. The van der Waals surface area contributed by atoms with Gasteiger partial charge in [-0.3, -0.25) is 0 Å². The van der Waals surface area contributed by atoms with Crippen LogP contribution in [0.2, 0.25) is 0 Å². The molecule has 0 aliphatic carbocycles. The van der Waals surface area contributed by atoms with Crippen LogP contribution in [-0.2, 0) is 0 Å². The van der Waals surface area contributed by atoms with E-state index in [9.17, 15) is 0 Å². The van der Waals surface area contributed by atoms with Gasteiger partial charge in [0, 0.05) is 19.1 Å². The summed E-state index contributed by atoms with van der Waals surface area (Å²) in [6, 6.07) is 5.20. The van der Waals surface area contributed by atoms with Gasteiger partial charge in [0.2, 0.25) is 5.88 Å². The Labute approximate surface area is 71.0 Å². The van der Waals surface area contributed by atoms with Gasteiger partial charge in [0.05, 0.1) is 6.61 Å². The van der Waals surface area contributed by atoms with Crippen LogP contribution in [0, 0.1) is 0 Å². The minimum Gasteiger partial charge on any atom is -0.478 e. The summed E-state index contributed by atoms with van der Waals surface area (Å²) < 4.78 is 5.18. The molecule has 1 rings (SSSR count). The van der Waals surface area contributed by atoms with Crippen molar-refractivity contribution in [3.8, 4) is 5.88 Å². The fourth-order valence-electron chi connectivity index (χ4n) is 0.752. The molecule has 0 spiro atoms. The van der Waals surface area contributed by atoms with Crippen LogP contribution in [0.3, 0.4) is 0 Å². The van der Waals surface area contributed by atoms with E-state index in [4.69, 9.17) is 15.6 Å². The number of rotatable bonds is 4. The molecule has 0 unspecified atom stereocenters. The number of nitrogens with two attached hydrogens (primary N) is 1. The van der Waals surface area contributed by atoms with Crippen molar-refractivity contribution < 1.29 is 9.84 Å². The summed E-state index contributed by atoms with van der Waals surface area (Å²) in [7, 11) is 0. The topological polar surface area (TPSA) is 68.4 Å². The second-order valence-electron chi connectivity index (χ2n) is 2.33. The first kappa shape index (κ1) is 8.80. The number of nitrogen functional groups attached to an aromatic ring is 1. The van der Waals surface area contributed by atoms with Crippen molar-refractivity contribution in [1.82, 2.24) is 4.98 Å². The summed E-state index contributed by atoms with van der Waals surface area (Å²) in [4.78, 5) is 3.92. The maximum atomic E-state index is 8.47. The van der Waals surface area contributed by atoms with E-state index in [1.807, 2.05) is 0 Å². The van der Waals surface area contributed by atoms with Crippen molar-refractivity contribution in [1.29, 1.82) is 0 Å². The highest BCUT2D eigenvalue weighted by molar-refractivity contribution is 5.30. The summed E-state index contributed by atoms with van der Waals surface area (Å²) >= 11 is 0. The lowest BCUT2D eigenvalue weighted by molar-refractivity contribution is 0.229. The lowest BCUT2D eigenvalue weighted by atomic mass is 10.4. The molecule has 66 valence electrons. The smallest absolute Gasteiger partial charge is 0.215 e. The van der Waals surface area contributed by atoms with Crippen molar-refractivity contribution in [3.05, 3.63) is 18.2 Å². The lowest BCUT2D eigenvalue weighted by Gasteiger charge is -2.03. The minimum absolute atomic E-state index is 0.127. The third-order valence-corrected chi connectivity index (χ3v) is 1.30. The minimum atomic E-state index is 0.127. The van der Waals surface area contributed by atoms with Gasteiger partial charge in [0.1, 0.15) is 5.82 Å². The largest absolute Gasteiger partial charge is 0.478 e. The molecular formula is C8H12N2O2. The van der Waals surface area contributed by atoms with Crippen LogP contribution in [0.5, 0.6) is 5.88 Å². The number of hydrogen-bond donors (Lipinski definition) is 2. The molecule has 0 saturated heterocycles. The van der Waals surface area contributed by atoms with Crippen LogP contribution in [0.4, 0.5) is 5.82 Å². The van der Waals surface area contributed by atoms with Gasteiger partial charge in [-0.15, -0.1) is 0 Å². The zero-order chi connectivity index (χ0) is 8.81. The van der Waals surface area contributed by atoms with Gasteiger partial charge in [-0.25, -0.2) is 0 Å². The van der Waals surface area contributed by atoms with Gasteiger partial charge in [0.15, 0.2) is 0 Å². The number of ether oxygens (including phenoxy) is 1. The molecule has 0 bridgehead atoms. The first-order valence-electron chi connectivity index (χ1n) is 3.79. The van der Waals surface area contributed by atoms with E-state index < -0.39 is 0 Å². The van der Waals surface area contributed by atoms with E-state index in [1.54, 1.807) is 18.2 Å². The first-order chi connectivity index (χ1) is 5.83. The van der Waals surface area contributed by atoms with E-state index >= 15 is 0 Å². The van der Waals surface area contributed by atoms with Crippen molar-refractivity contribution in [2.75, 3.05) is 18.9 Å². The van der Waals surface area contributed by atoms with Crippen molar-refractivity contribution in [2.45, 2.75) is 6.42 Å². The van der Waals surface area contributed by atoms with Crippen molar-refractivity contribution in [3.63, 3.8) is 0 Å². The van der Waals surface area contributed by atoms with E-state index in [0.29, 0.717) is 24.7 Å². The number of anilines is 1. The molecule has 0 fully saturated rings. The first-order valence-corrected chi connectivity index (χ1v) is 3.79. The highest BCUT2D eigenvalue weighted by Crippen LogP contribution is 2.08. The normalized spacial score (nSPS) is 9.75. The summed E-state index contributed by atoms with van der Waals surface area (Å²) in [5.41, 5.74) is 5.42. The van der Waals surface area contributed by atoms with Gasteiger partial charge in [-0.2, -0.15) is 4.98 Å². The van der Waals surface area contributed by atoms with Crippen LogP contribution in [-0.4, -0.2) is 23.3 Å². The standard InChI is InChI=1S/C8H12N2O2/c9-7-3-1-4-8(10-7)12-6-2-5-11/h1,3-4,11H,2,5-6H2,(H2,9,10). The molecule has 0 aliphatic rings. The molecule has 1 aromatic rings. The molecule has 0 aliphatic heterocycles. The van der Waals surface area contributed by atoms with E-state index in [0.717, 1.165) is 0 Å². The zero-order valence-electron chi connectivity index (χ0n) is 6.73. The Morgan fingerprint density at radius 3 is 3.00 bits per heavy atom. The summed E-state index contributed by atoms with van der Waals surface area (Å²) in [5, 5.41) is 8.47. The highest BCUT2D eigenvalue weighted by Gasteiger charge is 1.94. The molecule has 0 atom stereocenters. The molecule has 0 radical (unpaired) electrons. The van der Waals surface area contributed by atoms with Gasteiger partial charge in [-0.05, 0) is 6.07 Å². The van der Waals surface area contributed by atoms with Crippen LogP contribution in [0.25, 0.3) is 0 Å². The van der Waals surface area contributed by atoms with Gasteiger partial charge in [0.25, 0.3) is 0 Å². The number of aliphatic hydroxyl groups excluding tert-OH is 1. The Hall–Kier alpha value is -1.29. The number of nitrogens with zero attached hydrogens (tertiary/aromatic N) is 1. The fourth-order valence-corrected chi connectivity index (χ4v) is 0.752. The van der Waals surface area contributed by atoms with Crippen LogP contribution in [0.1, 0.15) is 6.42 Å². The number of hydrogen-bond acceptors (Lipinski definition) is 4. The third-order valence-electron chi connectivity index (χ3n) is 1.30. The quantitative estimate of drug-likeness (QED) is 0.639. The zero-order valence-corrected chi connectivity index (χ0v) is 6.73. The summed E-state index contributed by atoms with van der Waals surface area (Å²) in [6.07, 6.45) is 0.608.